The standard InChI is InChI=1S/C26H28FN5O/c1-17-18(2)29-25-15-20(11-12-23(25)28-17)26(33)32(3)13-6-4-5-10-22-16-24(31-30-22)19-8-7-9-21(27)14-19/h7-9,11-12,14-16H,4-6,10,13H2,1-3H3,(H,30,31). The van der Waals surface area contributed by atoms with E-state index in [0.29, 0.717) is 12.1 Å². The summed E-state index contributed by atoms with van der Waals surface area (Å²) in [5, 5.41) is 7.33. The number of rotatable bonds is 8. The molecule has 6 nitrogen and oxygen atoms in total. The summed E-state index contributed by atoms with van der Waals surface area (Å²) in [6.45, 7) is 4.55. The maximum atomic E-state index is 13.4. The number of hydrogen-bond acceptors (Lipinski definition) is 4. The number of H-pyrrole nitrogens is 1. The average Bonchev–Trinajstić information content (AvgIpc) is 3.28. The fraction of sp³-hybridized carbons (Fsp3) is 0.308. The Balaban J connectivity index is 1.25. The van der Waals surface area contributed by atoms with Crippen molar-refractivity contribution in [1.82, 2.24) is 25.1 Å². The minimum Gasteiger partial charge on any atom is -0.342 e. The largest absolute Gasteiger partial charge is 0.342 e. The molecule has 33 heavy (non-hydrogen) atoms. The van der Waals surface area contributed by atoms with E-state index in [1.807, 2.05) is 51.2 Å². The minimum atomic E-state index is -0.266. The first-order valence-electron chi connectivity index (χ1n) is 11.2. The first kappa shape index (κ1) is 22.6. The molecule has 0 aliphatic carbocycles. The van der Waals surface area contributed by atoms with Gasteiger partial charge in [0, 0.05) is 30.4 Å². The van der Waals surface area contributed by atoms with Gasteiger partial charge in [-0.25, -0.2) is 14.4 Å². The fourth-order valence-corrected chi connectivity index (χ4v) is 3.81. The van der Waals surface area contributed by atoms with Crippen LogP contribution in [-0.2, 0) is 6.42 Å². The van der Waals surface area contributed by atoms with Gasteiger partial charge in [-0.2, -0.15) is 5.10 Å². The molecule has 0 bridgehead atoms. The molecule has 7 heteroatoms. The van der Waals surface area contributed by atoms with Gasteiger partial charge in [-0.15, -0.1) is 0 Å². The second-order valence-electron chi connectivity index (χ2n) is 8.42. The summed E-state index contributed by atoms with van der Waals surface area (Å²) in [5.74, 6) is -0.275. The lowest BCUT2D eigenvalue weighted by Crippen LogP contribution is -2.27. The zero-order chi connectivity index (χ0) is 23.4. The number of carbonyl (C=O) groups excluding carboxylic acids is 1. The zero-order valence-corrected chi connectivity index (χ0v) is 19.2. The van der Waals surface area contributed by atoms with Crippen LogP contribution >= 0.6 is 0 Å². The number of benzene rings is 2. The van der Waals surface area contributed by atoms with Crippen LogP contribution in [0.15, 0.2) is 48.5 Å². The highest BCUT2D eigenvalue weighted by Crippen LogP contribution is 2.20. The van der Waals surface area contributed by atoms with E-state index in [2.05, 4.69) is 20.2 Å². The van der Waals surface area contributed by atoms with Gasteiger partial charge >= 0.3 is 0 Å². The van der Waals surface area contributed by atoms with Gasteiger partial charge in [-0.05, 0) is 69.5 Å². The van der Waals surface area contributed by atoms with Crippen molar-refractivity contribution in [3.05, 3.63) is 77.0 Å². The van der Waals surface area contributed by atoms with E-state index in [9.17, 15) is 9.18 Å². The fourth-order valence-electron chi connectivity index (χ4n) is 3.81. The van der Waals surface area contributed by atoms with Gasteiger partial charge in [0.15, 0.2) is 0 Å². The quantitative estimate of drug-likeness (QED) is 0.375. The normalized spacial score (nSPS) is 11.2. The highest BCUT2D eigenvalue weighted by atomic mass is 19.1. The molecule has 4 rings (SSSR count). The molecule has 2 aromatic heterocycles. The molecule has 0 aliphatic heterocycles. The lowest BCUT2D eigenvalue weighted by Gasteiger charge is -2.17. The molecule has 1 amide bonds. The molecule has 0 saturated carbocycles. The van der Waals surface area contributed by atoms with Crippen molar-refractivity contribution in [3.8, 4) is 11.3 Å². The molecule has 170 valence electrons. The lowest BCUT2D eigenvalue weighted by atomic mass is 10.1. The molecule has 0 fully saturated rings. The number of unbranched alkanes of at least 4 members (excludes halogenated alkanes) is 2. The second kappa shape index (κ2) is 9.90. The Morgan fingerprint density at radius 1 is 0.970 bits per heavy atom. The third-order valence-corrected chi connectivity index (χ3v) is 5.86. The van der Waals surface area contributed by atoms with Crippen LogP contribution in [0.1, 0.15) is 46.7 Å². The molecular formula is C26H28FN5O. The lowest BCUT2D eigenvalue weighted by molar-refractivity contribution is 0.0792. The average molecular weight is 446 g/mol. The van der Waals surface area contributed by atoms with Gasteiger partial charge in [0.2, 0.25) is 0 Å². The molecule has 4 aromatic rings. The number of aromatic nitrogens is 4. The number of nitrogens with zero attached hydrogens (tertiary/aromatic N) is 4. The van der Waals surface area contributed by atoms with E-state index in [1.165, 1.54) is 12.1 Å². The van der Waals surface area contributed by atoms with Crippen LogP contribution in [-0.4, -0.2) is 44.6 Å². The molecule has 0 radical (unpaired) electrons. The number of hydrogen-bond donors (Lipinski definition) is 1. The Morgan fingerprint density at radius 3 is 2.55 bits per heavy atom. The van der Waals surface area contributed by atoms with E-state index in [0.717, 1.165) is 65.1 Å². The number of aromatic amines is 1. The summed E-state index contributed by atoms with van der Waals surface area (Å²) >= 11 is 0. The van der Waals surface area contributed by atoms with Crippen molar-refractivity contribution >= 4 is 16.9 Å². The summed E-state index contributed by atoms with van der Waals surface area (Å²) < 4.78 is 13.4. The van der Waals surface area contributed by atoms with Crippen molar-refractivity contribution < 1.29 is 9.18 Å². The van der Waals surface area contributed by atoms with Crippen LogP contribution in [0.2, 0.25) is 0 Å². The van der Waals surface area contributed by atoms with Crippen LogP contribution in [0.25, 0.3) is 22.3 Å². The molecule has 0 spiro atoms. The Hall–Kier alpha value is -3.61. The van der Waals surface area contributed by atoms with Gasteiger partial charge in [-0.1, -0.05) is 18.6 Å². The number of nitrogens with one attached hydrogen (secondary N) is 1. The Bertz CT molecular complexity index is 1280. The Kier molecular flexibility index (Phi) is 6.77. The molecule has 2 heterocycles. The Morgan fingerprint density at radius 2 is 1.76 bits per heavy atom. The van der Waals surface area contributed by atoms with Crippen LogP contribution in [0, 0.1) is 19.7 Å². The first-order valence-corrected chi connectivity index (χ1v) is 11.2. The summed E-state index contributed by atoms with van der Waals surface area (Å²) in [4.78, 5) is 23.7. The maximum absolute atomic E-state index is 13.4. The zero-order valence-electron chi connectivity index (χ0n) is 19.2. The summed E-state index contributed by atoms with van der Waals surface area (Å²) in [6, 6.07) is 13.9. The van der Waals surface area contributed by atoms with Crippen molar-refractivity contribution in [2.75, 3.05) is 13.6 Å². The molecule has 2 aromatic carbocycles. The van der Waals surface area contributed by atoms with Gasteiger partial charge < -0.3 is 4.90 Å². The number of amides is 1. The minimum absolute atomic E-state index is 0.00905. The van der Waals surface area contributed by atoms with E-state index in [1.54, 1.807) is 11.0 Å². The summed E-state index contributed by atoms with van der Waals surface area (Å²) in [6.07, 6.45) is 3.76. The van der Waals surface area contributed by atoms with Crippen molar-refractivity contribution in [2.24, 2.45) is 0 Å². The molecule has 0 aliphatic rings. The molecule has 0 atom stereocenters. The number of carbonyl (C=O) groups is 1. The smallest absolute Gasteiger partial charge is 0.253 e. The molecule has 0 unspecified atom stereocenters. The third kappa shape index (κ3) is 5.42. The van der Waals surface area contributed by atoms with E-state index >= 15 is 0 Å². The Labute approximate surface area is 192 Å². The van der Waals surface area contributed by atoms with E-state index in [4.69, 9.17) is 0 Å². The SMILES string of the molecule is Cc1nc2ccc(C(=O)N(C)CCCCCc3cc(-c4cccc(F)c4)n[nH]3)cc2nc1C. The number of halogens is 1. The van der Waals surface area contributed by atoms with Crippen LogP contribution in [0.4, 0.5) is 4.39 Å². The number of fused-ring (bicyclic) bond motifs is 1. The van der Waals surface area contributed by atoms with Gasteiger partial charge in [0.1, 0.15) is 5.82 Å². The topological polar surface area (TPSA) is 74.8 Å². The summed E-state index contributed by atoms with van der Waals surface area (Å²) in [5.41, 5.74) is 6.50. The predicted molar refractivity (Wildman–Crippen MR) is 128 cm³/mol. The third-order valence-electron chi connectivity index (χ3n) is 5.86. The van der Waals surface area contributed by atoms with Crippen molar-refractivity contribution in [3.63, 3.8) is 0 Å². The predicted octanol–water partition coefficient (Wildman–Crippen LogP) is 5.26. The van der Waals surface area contributed by atoms with Gasteiger partial charge in [0.25, 0.3) is 5.91 Å². The monoisotopic (exact) mass is 445 g/mol. The van der Waals surface area contributed by atoms with Gasteiger partial charge in [0.05, 0.1) is 28.1 Å². The van der Waals surface area contributed by atoms with Crippen molar-refractivity contribution in [2.45, 2.75) is 39.5 Å². The highest BCUT2D eigenvalue weighted by molar-refractivity contribution is 5.97. The highest BCUT2D eigenvalue weighted by Gasteiger charge is 2.13. The van der Waals surface area contributed by atoms with Crippen LogP contribution in [0.5, 0.6) is 0 Å². The summed E-state index contributed by atoms with van der Waals surface area (Å²) in [7, 11) is 1.83. The maximum Gasteiger partial charge on any atom is 0.253 e. The second-order valence-corrected chi connectivity index (χ2v) is 8.42. The first-order chi connectivity index (χ1) is 15.9. The number of aryl methyl sites for hydroxylation is 3. The van der Waals surface area contributed by atoms with Crippen LogP contribution in [0.3, 0.4) is 0 Å². The van der Waals surface area contributed by atoms with Gasteiger partial charge in [-0.3, -0.25) is 9.89 Å². The van der Waals surface area contributed by atoms with Crippen LogP contribution < -0.4 is 0 Å². The van der Waals surface area contributed by atoms with Crippen molar-refractivity contribution in [1.29, 1.82) is 0 Å². The molecule has 0 saturated heterocycles. The van der Waals surface area contributed by atoms with E-state index in [-0.39, 0.29) is 11.7 Å². The molecule has 1 N–H and O–H groups in total. The molecular weight excluding hydrogens is 417 g/mol. The van der Waals surface area contributed by atoms with E-state index < -0.39 is 0 Å².